The lowest BCUT2D eigenvalue weighted by Gasteiger charge is -2.25. The topological polar surface area (TPSA) is 78.1 Å². The molecule has 0 fully saturated rings. The Morgan fingerprint density at radius 1 is 1.23 bits per heavy atom. The predicted molar refractivity (Wildman–Crippen MR) is 119 cm³/mol. The number of rotatable bonds is 5. The Hall–Kier alpha value is -4.13. The molecule has 0 radical (unpaired) electrons. The van der Waals surface area contributed by atoms with E-state index in [1.165, 1.54) is 18.3 Å². The molecule has 1 aromatic heterocycles. The van der Waals surface area contributed by atoms with E-state index >= 15 is 0 Å². The third kappa shape index (κ3) is 4.11. The quantitative estimate of drug-likeness (QED) is 0.652. The number of pyridine rings is 1. The van der Waals surface area contributed by atoms with Gasteiger partial charge in [0, 0.05) is 29.3 Å². The van der Waals surface area contributed by atoms with Gasteiger partial charge in [0.2, 0.25) is 0 Å². The largest absolute Gasteiger partial charge is 0.478 e. The van der Waals surface area contributed by atoms with Crippen LogP contribution in [0.4, 0.5) is 4.39 Å². The van der Waals surface area contributed by atoms with Gasteiger partial charge in [-0.1, -0.05) is 30.9 Å². The van der Waals surface area contributed by atoms with Crippen LogP contribution in [0.25, 0.3) is 10.9 Å². The highest BCUT2D eigenvalue weighted by atomic mass is 19.1. The summed E-state index contributed by atoms with van der Waals surface area (Å²) in [7, 11) is 0. The number of carboxylic acid groups (broad SMARTS) is 1. The molecule has 4 rings (SSSR count). The minimum absolute atomic E-state index is 0.390. The third-order valence-corrected chi connectivity index (χ3v) is 4.94. The maximum atomic E-state index is 14.1. The minimum Gasteiger partial charge on any atom is -0.478 e. The summed E-state index contributed by atoms with van der Waals surface area (Å²) in [4.78, 5) is 19.7. The van der Waals surface area contributed by atoms with Crippen LogP contribution in [0.2, 0.25) is 0 Å². The van der Waals surface area contributed by atoms with E-state index in [0.29, 0.717) is 23.5 Å². The van der Waals surface area contributed by atoms with E-state index < -0.39 is 17.3 Å². The van der Waals surface area contributed by atoms with Crippen LogP contribution in [0.5, 0.6) is 0 Å². The van der Waals surface area contributed by atoms with Crippen LogP contribution in [-0.2, 0) is 6.42 Å². The molecule has 7 heteroatoms. The lowest BCUT2D eigenvalue weighted by atomic mass is 10.1. The molecule has 0 saturated carbocycles. The molecule has 31 heavy (non-hydrogen) atoms. The number of hydrazone groups is 1. The maximum Gasteiger partial charge on any atom is 0.338 e. The minimum atomic E-state index is -1.32. The van der Waals surface area contributed by atoms with Crippen molar-refractivity contribution < 1.29 is 14.3 Å². The van der Waals surface area contributed by atoms with Gasteiger partial charge in [0.25, 0.3) is 0 Å². The number of hydrogen-bond donors (Lipinski definition) is 1. The van der Waals surface area contributed by atoms with Crippen molar-refractivity contribution in [2.75, 3.05) is 0 Å². The highest BCUT2D eigenvalue weighted by molar-refractivity contribution is 6.38. The smallest absolute Gasteiger partial charge is 0.338 e. The summed E-state index contributed by atoms with van der Waals surface area (Å²) >= 11 is 0. The number of aromatic carboxylic acids is 1. The normalized spacial score (nSPS) is 14.1. The fourth-order valence-electron chi connectivity index (χ4n) is 3.34. The Bertz CT molecular complexity index is 1290. The van der Waals surface area contributed by atoms with Crippen LogP contribution >= 0.6 is 0 Å². The van der Waals surface area contributed by atoms with Crippen LogP contribution in [0.1, 0.15) is 28.4 Å². The Kier molecular flexibility index (Phi) is 5.41. The standard InChI is InChI=1S/C24H19FN4O2/c1-3-19(12-16-6-9-22-17(11-16)5-4-10-26-22)29-15(2)27-14-23(28-29)18-7-8-20(24(30)31)21(25)13-18/h3-11,13-14H,2,12H2,1H3,(H,30,31)/b19-3-. The van der Waals surface area contributed by atoms with Crippen molar-refractivity contribution in [3.05, 3.63) is 101 Å². The second kappa shape index (κ2) is 8.31. The van der Waals surface area contributed by atoms with Gasteiger partial charge in [-0.25, -0.2) is 19.2 Å². The van der Waals surface area contributed by atoms with E-state index in [1.807, 2.05) is 37.3 Å². The first-order chi connectivity index (χ1) is 15.0. The van der Waals surface area contributed by atoms with E-state index in [9.17, 15) is 9.18 Å². The van der Waals surface area contributed by atoms with Crippen molar-refractivity contribution >= 4 is 28.8 Å². The Labute approximate surface area is 178 Å². The van der Waals surface area contributed by atoms with Gasteiger partial charge >= 0.3 is 5.97 Å². The fraction of sp³-hybridized carbons (Fsp3) is 0.0833. The molecular weight excluding hydrogens is 395 g/mol. The van der Waals surface area contributed by atoms with Gasteiger partial charge in [-0.15, -0.1) is 0 Å². The molecule has 1 aliphatic heterocycles. The molecule has 1 aliphatic rings. The predicted octanol–water partition coefficient (Wildman–Crippen LogP) is 4.78. The SMILES string of the molecule is C=C1N=CC(c2ccc(C(=O)O)c(F)c2)=NN1/C(=C\C)Cc1ccc2ncccc2c1. The molecule has 3 aromatic rings. The van der Waals surface area contributed by atoms with E-state index in [1.54, 1.807) is 11.2 Å². The zero-order valence-corrected chi connectivity index (χ0v) is 16.8. The second-order valence-corrected chi connectivity index (χ2v) is 6.96. The van der Waals surface area contributed by atoms with E-state index in [0.717, 1.165) is 28.2 Å². The van der Waals surface area contributed by atoms with Gasteiger partial charge in [-0.3, -0.25) is 4.98 Å². The first kappa shape index (κ1) is 20.2. The number of aromatic nitrogens is 1. The number of halogens is 1. The lowest BCUT2D eigenvalue weighted by molar-refractivity contribution is 0.0692. The number of aliphatic imine (C=N–C) groups is 1. The van der Waals surface area contributed by atoms with Crippen LogP contribution in [0.15, 0.2) is 89.0 Å². The lowest BCUT2D eigenvalue weighted by Crippen LogP contribution is -2.24. The summed E-state index contributed by atoms with van der Waals surface area (Å²) in [6, 6.07) is 13.8. The zero-order chi connectivity index (χ0) is 22.0. The molecule has 6 nitrogen and oxygen atoms in total. The van der Waals surface area contributed by atoms with Crippen LogP contribution in [0.3, 0.4) is 0 Å². The third-order valence-electron chi connectivity index (χ3n) is 4.94. The number of carboxylic acids is 1. The highest BCUT2D eigenvalue weighted by Crippen LogP contribution is 2.24. The number of fused-ring (bicyclic) bond motifs is 1. The van der Waals surface area contributed by atoms with Gasteiger partial charge in [0.15, 0.2) is 0 Å². The van der Waals surface area contributed by atoms with Crippen molar-refractivity contribution in [2.24, 2.45) is 10.1 Å². The average molecular weight is 414 g/mol. The molecule has 0 spiro atoms. The molecule has 1 N–H and O–H groups in total. The van der Waals surface area contributed by atoms with Crippen molar-refractivity contribution in [3.8, 4) is 0 Å². The number of carbonyl (C=O) groups is 1. The number of allylic oxidation sites excluding steroid dienone is 2. The summed E-state index contributed by atoms with van der Waals surface area (Å²) in [6.45, 7) is 5.86. The fourth-order valence-corrected chi connectivity index (χ4v) is 3.34. The van der Waals surface area contributed by atoms with Gasteiger partial charge in [-0.2, -0.15) is 5.10 Å². The molecule has 0 saturated heterocycles. The molecule has 0 unspecified atom stereocenters. The first-order valence-corrected chi connectivity index (χ1v) is 9.60. The molecule has 0 bridgehead atoms. The molecule has 2 heterocycles. The highest BCUT2D eigenvalue weighted by Gasteiger charge is 2.19. The maximum absolute atomic E-state index is 14.1. The van der Waals surface area contributed by atoms with Gasteiger partial charge in [0.05, 0.1) is 17.3 Å². The number of benzene rings is 2. The van der Waals surface area contributed by atoms with Crippen molar-refractivity contribution in [1.82, 2.24) is 9.99 Å². The Morgan fingerprint density at radius 3 is 2.81 bits per heavy atom. The summed E-state index contributed by atoms with van der Waals surface area (Å²) in [5.41, 5.74) is 3.29. The average Bonchev–Trinajstić information content (AvgIpc) is 2.77. The van der Waals surface area contributed by atoms with Crippen LogP contribution in [-0.4, -0.2) is 33.0 Å². The molecule has 0 amide bonds. The second-order valence-electron chi connectivity index (χ2n) is 6.96. The number of nitrogens with zero attached hydrogens (tertiary/aromatic N) is 4. The molecule has 0 atom stereocenters. The summed E-state index contributed by atoms with van der Waals surface area (Å²) in [5.74, 6) is -1.71. The molecule has 2 aromatic carbocycles. The van der Waals surface area contributed by atoms with Gasteiger partial charge in [-0.05, 0) is 42.8 Å². The van der Waals surface area contributed by atoms with Gasteiger partial charge in [0.1, 0.15) is 17.3 Å². The summed E-state index contributed by atoms with van der Waals surface area (Å²) in [5, 5.41) is 16.3. The van der Waals surface area contributed by atoms with Crippen LogP contribution < -0.4 is 0 Å². The molecular formula is C24H19FN4O2. The number of hydrogen-bond acceptors (Lipinski definition) is 5. The molecule has 0 aliphatic carbocycles. The van der Waals surface area contributed by atoms with E-state index in [4.69, 9.17) is 5.11 Å². The Morgan fingerprint density at radius 2 is 2.06 bits per heavy atom. The van der Waals surface area contributed by atoms with E-state index in [2.05, 4.69) is 27.7 Å². The van der Waals surface area contributed by atoms with Crippen LogP contribution in [0, 0.1) is 5.82 Å². The molecule has 154 valence electrons. The first-order valence-electron chi connectivity index (χ1n) is 9.60. The van der Waals surface area contributed by atoms with Crippen molar-refractivity contribution in [1.29, 1.82) is 0 Å². The summed E-state index contributed by atoms with van der Waals surface area (Å²) < 4.78 is 14.1. The van der Waals surface area contributed by atoms with E-state index in [-0.39, 0.29) is 0 Å². The Balaban J connectivity index is 1.64. The summed E-state index contributed by atoms with van der Waals surface area (Å²) in [6.07, 6.45) is 5.76. The zero-order valence-electron chi connectivity index (χ0n) is 16.8. The van der Waals surface area contributed by atoms with Crippen molar-refractivity contribution in [2.45, 2.75) is 13.3 Å². The monoisotopic (exact) mass is 414 g/mol. The van der Waals surface area contributed by atoms with Crippen molar-refractivity contribution in [3.63, 3.8) is 0 Å². The van der Waals surface area contributed by atoms with Gasteiger partial charge < -0.3 is 5.11 Å².